The summed E-state index contributed by atoms with van der Waals surface area (Å²) in [6, 6.07) is 0. The van der Waals surface area contributed by atoms with Gasteiger partial charge in [-0.05, 0) is 30.6 Å². The van der Waals surface area contributed by atoms with Crippen molar-refractivity contribution in [2.45, 2.75) is 67.7 Å². The smallest absolute Gasteiger partial charge is 0.309 e. The second-order valence-corrected chi connectivity index (χ2v) is 7.32. The van der Waals surface area contributed by atoms with Crippen LogP contribution in [0, 0.1) is 29.6 Å². The Balaban J connectivity index is 5.11. The van der Waals surface area contributed by atoms with Crippen molar-refractivity contribution in [3.63, 3.8) is 0 Å². The van der Waals surface area contributed by atoms with Crippen molar-refractivity contribution in [2.24, 2.45) is 29.6 Å². The van der Waals surface area contributed by atoms with Gasteiger partial charge in [0, 0.05) is 12.3 Å². The molecule has 0 heterocycles. The number of hydrogen-bond donors (Lipinski definition) is 0. The third-order valence-electron chi connectivity index (χ3n) is 3.56. The fourth-order valence-corrected chi connectivity index (χ4v) is 2.58. The molecule has 21 heavy (non-hydrogen) atoms. The highest BCUT2D eigenvalue weighted by Gasteiger charge is 2.34. The van der Waals surface area contributed by atoms with Gasteiger partial charge >= 0.3 is 5.97 Å². The van der Waals surface area contributed by atoms with Crippen LogP contribution in [0.15, 0.2) is 0 Å². The van der Waals surface area contributed by atoms with Gasteiger partial charge in [-0.15, -0.1) is 0 Å². The maximum absolute atomic E-state index is 12.5. The van der Waals surface area contributed by atoms with E-state index in [-0.39, 0.29) is 23.6 Å². The first-order valence-electron chi connectivity index (χ1n) is 8.38. The first kappa shape index (κ1) is 20.1. The monoisotopic (exact) mass is 298 g/mol. The zero-order chi connectivity index (χ0) is 16.6. The largest absolute Gasteiger partial charge is 0.465 e. The van der Waals surface area contributed by atoms with Crippen molar-refractivity contribution in [1.29, 1.82) is 0 Å². The third-order valence-corrected chi connectivity index (χ3v) is 3.56. The summed E-state index contributed by atoms with van der Waals surface area (Å²) in [5, 5.41) is 0. The van der Waals surface area contributed by atoms with Crippen LogP contribution in [0.3, 0.4) is 0 Å². The highest BCUT2D eigenvalue weighted by Crippen LogP contribution is 2.29. The molecule has 3 heteroatoms. The van der Waals surface area contributed by atoms with Crippen molar-refractivity contribution >= 4 is 11.8 Å². The number of ether oxygens (including phenoxy) is 1. The molecule has 0 rings (SSSR count). The Hall–Kier alpha value is -0.860. The first-order chi connectivity index (χ1) is 9.68. The molecule has 0 radical (unpaired) electrons. The molecule has 0 N–H and O–H groups in total. The second-order valence-electron chi connectivity index (χ2n) is 7.32. The zero-order valence-corrected chi connectivity index (χ0v) is 14.9. The van der Waals surface area contributed by atoms with Crippen LogP contribution in [0.5, 0.6) is 0 Å². The Morgan fingerprint density at radius 3 is 1.67 bits per heavy atom. The van der Waals surface area contributed by atoms with E-state index in [0.717, 1.165) is 12.8 Å². The molecule has 0 spiro atoms. The predicted octanol–water partition coefficient (Wildman–Crippen LogP) is 4.49. The van der Waals surface area contributed by atoms with Gasteiger partial charge in [0.05, 0.1) is 12.5 Å². The minimum atomic E-state index is -0.293. The summed E-state index contributed by atoms with van der Waals surface area (Å²) >= 11 is 0. The van der Waals surface area contributed by atoms with E-state index >= 15 is 0 Å². The van der Waals surface area contributed by atoms with Crippen molar-refractivity contribution in [1.82, 2.24) is 0 Å². The van der Waals surface area contributed by atoms with Gasteiger partial charge in [0.15, 0.2) is 0 Å². The molecular formula is C18H34O3. The lowest BCUT2D eigenvalue weighted by atomic mass is 9.77. The SMILES string of the molecule is CCC(=O)C(CC(C)C)C(CC(C)C)C(=O)OCC(C)C. The minimum absolute atomic E-state index is 0.190. The molecule has 0 aliphatic carbocycles. The summed E-state index contributed by atoms with van der Waals surface area (Å²) in [7, 11) is 0. The van der Waals surface area contributed by atoms with Crippen LogP contribution in [-0.2, 0) is 14.3 Å². The zero-order valence-electron chi connectivity index (χ0n) is 14.9. The Morgan fingerprint density at radius 2 is 1.29 bits per heavy atom. The Bertz CT molecular complexity index is 318. The maximum Gasteiger partial charge on any atom is 0.309 e. The molecule has 0 aliphatic rings. The standard InChI is InChI=1S/C18H34O3/c1-8-17(19)15(9-12(2)3)16(10-13(4)5)18(20)21-11-14(6)7/h12-16H,8-11H2,1-7H3. The van der Waals surface area contributed by atoms with Crippen LogP contribution >= 0.6 is 0 Å². The Kier molecular flexibility index (Phi) is 9.56. The van der Waals surface area contributed by atoms with E-state index in [0.29, 0.717) is 30.8 Å². The summed E-state index contributed by atoms with van der Waals surface area (Å²) in [6.45, 7) is 14.7. The van der Waals surface area contributed by atoms with Gasteiger partial charge in [-0.3, -0.25) is 9.59 Å². The fourth-order valence-electron chi connectivity index (χ4n) is 2.58. The Morgan fingerprint density at radius 1 is 0.810 bits per heavy atom. The number of carbonyl (C=O) groups excluding carboxylic acids is 2. The van der Waals surface area contributed by atoms with Crippen molar-refractivity contribution in [3.05, 3.63) is 0 Å². The molecule has 0 aromatic heterocycles. The minimum Gasteiger partial charge on any atom is -0.465 e. The molecule has 0 bridgehead atoms. The average molecular weight is 298 g/mol. The number of hydrogen-bond acceptors (Lipinski definition) is 3. The molecule has 0 aliphatic heterocycles. The molecule has 0 fully saturated rings. The molecule has 124 valence electrons. The van der Waals surface area contributed by atoms with Gasteiger partial charge in [-0.1, -0.05) is 48.5 Å². The van der Waals surface area contributed by atoms with E-state index in [2.05, 4.69) is 27.7 Å². The normalized spacial score (nSPS) is 14.6. The summed E-state index contributed by atoms with van der Waals surface area (Å²) in [5.74, 6) is 0.606. The molecular weight excluding hydrogens is 264 g/mol. The molecule has 2 atom stereocenters. The number of esters is 1. The molecule has 0 amide bonds. The highest BCUT2D eigenvalue weighted by molar-refractivity contribution is 5.86. The predicted molar refractivity (Wildman–Crippen MR) is 87.0 cm³/mol. The number of carbonyl (C=O) groups is 2. The van der Waals surface area contributed by atoms with E-state index in [1.807, 2.05) is 20.8 Å². The van der Waals surface area contributed by atoms with Gasteiger partial charge in [0.25, 0.3) is 0 Å². The average Bonchev–Trinajstić information content (AvgIpc) is 2.38. The van der Waals surface area contributed by atoms with Crippen LogP contribution in [0.1, 0.15) is 67.7 Å². The maximum atomic E-state index is 12.5. The summed E-state index contributed by atoms with van der Waals surface area (Å²) in [4.78, 5) is 24.8. The summed E-state index contributed by atoms with van der Waals surface area (Å²) < 4.78 is 5.43. The number of Topliss-reactive ketones (excluding diaryl/α,β-unsaturated/α-hetero) is 1. The quantitative estimate of drug-likeness (QED) is 0.558. The van der Waals surface area contributed by atoms with Gasteiger partial charge in [-0.25, -0.2) is 0 Å². The van der Waals surface area contributed by atoms with Gasteiger partial charge in [0.2, 0.25) is 0 Å². The van der Waals surface area contributed by atoms with E-state index in [1.54, 1.807) is 0 Å². The molecule has 0 aromatic carbocycles. The van der Waals surface area contributed by atoms with Gasteiger partial charge < -0.3 is 4.74 Å². The van der Waals surface area contributed by atoms with E-state index in [1.165, 1.54) is 0 Å². The van der Waals surface area contributed by atoms with Crippen molar-refractivity contribution in [2.75, 3.05) is 6.61 Å². The van der Waals surface area contributed by atoms with Crippen molar-refractivity contribution < 1.29 is 14.3 Å². The van der Waals surface area contributed by atoms with Crippen LogP contribution in [0.2, 0.25) is 0 Å². The lowest BCUT2D eigenvalue weighted by Crippen LogP contribution is -2.33. The highest BCUT2D eigenvalue weighted by atomic mass is 16.5. The lowest BCUT2D eigenvalue weighted by Gasteiger charge is -2.27. The van der Waals surface area contributed by atoms with Gasteiger partial charge in [-0.2, -0.15) is 0 Å². The second kappa shape index (κ2) is 9.97. The summed E-state index contributed by atoms with van der Waals surface area (Å²) in [6.07, 6.45) is 1.98. The third kappa shape index (κ3) is 8.23. The lowest BCUT2D eigenvalue weighted by molar-refractivity contribution is -0.155. The number of rotatable bonds is 10. The first-order valence-corrected chi connectivity index (χ1v) is 8.38. The number of ketones is 1. The van der Waals surface area contributed by atoms with Crippen LogP contribution < -0.4 is 0 Å². The van der Waals surface area contributed by atoms with Crippen LogP contribution in [0.25, 0.3) is 0 Å². The fraction of sp³-hybridized carbons (Fsp3) is 0.889. The molecule has 0 aromatic rings. The van der Waals surface area contributed by atoms with Crippen LogP contribution in [0.4, 0.5) is 0 Å². The summed E-state index contributed by atoms with van der Waals surface area (Å²) in [5.41, 5.74) is 0. The Labute approximate surface area is 130 Å². The van der Waals surface area contributed by atoms with Crippen LogP contribution in [-0.4, -0.2) is 18.4 Å². The molecule has 0 saturated carbocycles. The van der Waals surface area contributed by atoms with E-state index < -0.39 is 0 Å². The molecule has 3 nitrogen and oxygen atoms in total. The molecule has 0 saturated heterocycles. The molecule has 2 unspecified atom stereocenters. The van der Waals surface area contributed by atoms with E-state index in [4.69, 9.17) is 4.74 Å². The van der Waals surface area contributed by atoms with Gasteiger partial charge in [0.1, 0.15) is 5.78 Å². The van der Waals surface area contributed by atoms with Crippen molar-refractivity contribution in [3.8, 4) is 0 Å². The topological polar surface area (TPSA) is 43.4 Å². The van der Waals surface area contributed by atoms with E-state index in [9.17, 15) is 9.59 Å².